The van der Waals surface area contributed by atoms with Crippen molar-refractivity contribution in [1.29, 1.82) is 0 Å². The number of aryl methyl sites for hydroxylation is 1. The molecule has 0 amide bonds. The molecule has 4 rings (SSSR count). The monoisotopic (exact) mass is 344 g/mol. The van der Waals surface area contributed by atoms with Crippen LogP contribution in [0.5, 0.6) is 0 Å². The molecule has 1 atom stereocenters. The minimum atomic E-state index is -1.18. The molecule has 1 aliphatic carbocycles. The maximum absolute atomic E-state index is 12.4. The zero-order chi connectivity index (χ0) is 16.5. The molecular weight excluding hydrogens is 328 g/mol. The van der Waals surface area contributed by atoms with Crippen molar-refractivity contribution in [3.63, 3.8) is 0 Å². The number of rotatable bonds is 6. The van der Waals surface area contributed by atoms with E-state index >= 15 is 0 Å². The summed E-state index contributed by atoms with van der Waals surface area (Å²) in [6.45, 7) is 0.340. The van der Waals surface area contributed by atoms with Gasteiger partial charge in [0, 0.05) is 29.0 Å². The molecule has 1 fully saturated rings. The van der Waals surface area contributed by atoms with Gasteiger partial charge >= 0.3 is 0 Å². The fourth-order valence-corrected chi connectivity index (χ4v) is 3.45. The Labute approximate surface area is 140 Å². The quantitative estimate of drug-likeness (QED) is 0.675. The van der Waals surface area contributed by atoms with E-state index in [2.05, 4.69) is 15.1 Å². The topological polar surface area (TPSA) is 90.9 Å². The lowest BCUT2D eigenvalue weighted by atomic mass is 10.2. The van der Waals surface area contributed by atoms with Gasteiger partial charge in [0.25, 0.3) is 5.56 Å². The standard InChI is InChI=1S/C16H16N4O3S/c21-16-12-3-1-2-4-13(12)17-10-20(16)7-8-24(22)9-14-18-15(19-23-14)11-5-6-11/h1-4,10-11H,5-9H2. The predicted molar refractivity (Wildman–Crippen MR) is 89.0 cm³/mol. The largest absolute Gasteiger partial charge is 0.338 e. The average molecular weight is 344 g/mol. The Hall–Kier alpha value is -2.35. The molecule has 0 saturated heterocycles. The highest BCUT2D eigenvalue weighted by atomic mass is 32.2. The van der Waals surface area contributed by atoms with Crippen LogP contribution >= 0.6 is 0 Å². The lowest BCUT2D eigenvalue weighted by Crippen LogP contribution is -2.23. The molecule has 1 aliphatic rings. The number of aromatic nitrogens is 4. The van der Waals surface area contributed by atoms with Crippen molar-refractivity contribution in [3.8, 4) is 0 Å². The van der Waals surface area contributed by atoms with Crippen molar-refractivity contribution in [2.45, 2.75) is 31.1 Å². The Morgan fingerprint density at radius 1 is 1.29 bits per heavy atom. The van der Waals surface area contributed by atoms with E-state index < -0.39 is 10.8 Å². The van der Waals surface area contributed by atoms with Crippen LogP contribution < -0.4 is 5.56 Å². The third-order valence-corrected chi connectivity index (χ3v) is 5.21. The summed E-state index contributed by atoms with van der Waals surface area (Å²) in [5.74, 6) is 2.09. The van der Waals surface area contributed by atoms with E-state index in [0.29, 0.717) is 35.0 Å². The van der Waals surface area contributed by atoms with E-state index in [-0.39, 0.29) is 11.3 Å². The number of hydrogen-bond acceptors (Lipinski definition) is 6. The van der Waals surface area contributed by atoms with Gasteiger partial charge < -0.3 is 4.52 Å². The molecule has 0 spiro atoms. The molecule has 8 heteroatoms. The van der Waals surface area contributed by atoms with Crippen LogP contribution in [0.4, 0.5) is 0 Å². The summed E-state index contributed by atoms with van der Waals surface area (Å²) < 4.78 is 18.8. The van der Waals surface area contributed by atoms with Crippen LogP contribution in [-0.2, 0) is 23.1 Å². The molecule has 0 aliphatic heterocycles. The summed E-state index contributed by atoms with van der Waals surface area (Å²) in [6, 6.07) is 7.19. The molecule has 3 aromatic rings. The van der Waals surface area contributed by atoms with Gasteiger partial charge in [0.05, 0.1) is 17.2 Å². The van der Waals surface area contributed by atoms with Gasteiger partial charge in [-0.05, 0) is 25.0 Å². The Morgan fingerprint density at radius 3 is 2.96 bits per heavy atom. The van der Waals surface area contributed by atoms with E-state index in [1.54, 1.807) is 18.2 Å². The molecule has 0 bridgehead atoms. The van der Waals surface area contributed by atoms with Crippen LogP contribution in [0.25, 0.3) is 10.9 Å². The van der Waals surface area contributed by atoms with Gasteiger partial charge in [-0.2, -0.15) is 4.98 Å². The minimum absolute atomic E-state index is 0.119. The highest BCUT2D eigenvalue weighted by molar-refractivity contribution is 7.84. The van der Waals surface area contributed by atoms with Crippen LogP contribution in [0.15, 0.2) is 39.9 Å². The first-order valence-corrected chi connectivity index (χ1v) is 9.31. The van der Waals surface area contributed by atoms with Gasteiger partial charge in [0.1, 0.15) is 5.75 Å². The van der Waals surface area contributed by atoms with Crippen molar-refractivity contribution < 1.29 is 8.73 Å². The zero-order valence-corrected chi connectivity index (χ0v) is 13.7. The smallest absolute Gasteiger partial charge is 0.261 e. The van der Waals surface area contributed by atoms with Gasteiger partial charge in [0.15, 0.2) is 5.82 Å². The van der Waals surface area contributed by atoms with Crippen LogP contribution in [0.2, 0.25) is 0 Å². The second kappa shape index (κ2) is 6.27. The molecule has 7 nitrogen and oxygen atoms in total. The molecule has 0 N–H and O–H groups in total. The van der Waals surface area contributed by atoms with Gasteiger partial charge in [-0.25, -0.2) is 4.98 Å². The van der Waals surface area contributed by atoms with E-state index in [1.807, 2.05) is 6.07 Å². The second-order valence-corrected chi connectivity index (χ2v) is 7.45. The Bertz CT molecular complexity index is 961. The lowest BCUT2D eigenvalue weighted by molar-refractivity contribution is 0.384. The summed E-state index contributed by atoms with van der Waals surface area (Å²) in [7, 11) is -1.18. The maximum atomic E-state index is 12.4. The first-order chi connectivity index (χ1) is 11.7. The first kappa shape index (κ1) is 15.2. The van der Waals surface area contributed by atoms with Crippen LogP contribution in [0.1, 0.15) is 30.5 Å². The number of para-hydroxylation sites is 1. The van der Waals surface area contributed by atoms with E-state index in [0.717, 1.165) is 18.7 Å². The van der Waals surface area contributed by atoms with Crippen LogP contribution in [-0.4, -0.2) is 29.7 Å². The van der Waals surface area contributed by atoms with Gasteiger partial charge in [-0.1, -0.05) is 17.3 Å². The SMILES string of the molecule is O=c1c2ccccc2ncn1CCS(=O)Cc1nc(C2CC2)no1. The third-order valence-electron chi connectivity index (χ3n) is 4.00. The maximum Gasteiger partial charge on any atom is 0.261 e. The number of hydrogen-bond donors (Lipinski definition) is 0. The average Bonchev–Trinajstić information content (AvgIpc) is 3.34. The molecule has 0 radical (unpaired) electrons. The van der Waals surface area contributed by atoms with Gasteiger partial charge in [0.2, 0.25) is 5.89 Å². The summed E-state index contributed by atoms with van der Waals surface area (Å²) in [5, 5.41) is 4.48. The highest BCUT2D eigenvalue weighted by Gasteiger charge is 2.28. The number of fused-ring (bicyclic) bond motifs is 1. The molecule has 1 unspecified atom stereocenters. The van der Waals surface area contributed by atoms with Crippen molar-refractivity contribution in [1.82, 2.24) is 19.7 Å². The molecular formula is C16H16N4O3S. The van der Waals surface area contributed by atoms with E-state index in [4.69, 9.17) is 4.52 Å². The van der Waals surface area contributed by atoms with Crippen LogP contribution in [0.3, 0.4) is 0 Å². The fraction of sp³-hybridized carbons (Fsp3) is 0.375. The van der Waals surface area contributed by atoms with Crippen molar-refractivity contribution in [3.05, 3.63) is 52.7 Å². The number of nitrogens with zero attached hydrogens (tertiary/aromatic N) is 4. The molecule has 24 heavy (non-hydrogen) atoms. The molecule has 2 aromatic heterocycles. The highest BCUT2D eigenvalue weighted by Crippen LogP contribution is 2.38. The summed E-state index contributed by atoms with van der Waals surface area (Å²) in [6.07, 6.45) is 3.69. The second-order valence-electron chi connectivity index (χ2n) is 5.87. The minimum Gasteiger partial charge on any atom is -0.338 e. The first-order valence-electron chi connectivity index (χ1n) is 7.82. The third kappa shape index (κ3) is 3.14. The fourth-order valence-electron chi connectivity index (χ4n) is 2.51. The van der Waals surface area contributed by atoms with E-state index in [1.165, 1.54) is 10.9 Å². The lowest BCUT2D eigenvalue weighted by Gasteiger charge is -2.05. The zero-order valence-electron chi connectivity index (χ0n) is 12.9. The van der Waals surface area contributed by atoms with Crippen molar-refractivity contribution in [2.24, 2.45) is 0 Å². The summed E-state index contributed by atoms with van der Waals surface area (Å²) in [4.78, 5) is 20.9. The van der Waals surface area contributed by atoms with Crippen molar-refractivity contribution in [2.75, 3.05) is 5.75 Å². The van der Waals surface area contributed by atoms with E-state index in [9.17, 15) is 9.00 Å². The summed E-state index contributed by atoms with van der Waals surface area (Å²) in [5.41, 5.74) is 0.546. The Morgan fingerprint density at radius 2 is 2.12 bits per heavy atom. The Balaban J connectivity index is 1.41. The van der Waals surface area contributed by atoms with Gasteiger partial charge in [-0.3, -0.25) is 13.6 Å². The molecule has 1 saturated carbocycles. The number of benzene rings is 1. The normalized spacial score (nSPS) is 15.7. The summed E-state index contributed by atoms with van der Waals surface area (Å²) >= 11 is 0. The van der Waals surface area contributed by atoms with Crippen molar-refractivity contribution >= 4 is 21.7 Å². The van der Waals surface area contributed by atoms with Crippen LogP contribution in [0, 0.1) is 0 Å². The molecule has 1 aromatic carbocycles. The van der Waals surface area contributed by atoms with Gasteiger partial charge in [-0.15, -0.1) is 0 Å². The molecule has 124 valence electrons. The predicted octanol–water partition coefficient (Wildman–Crippen LogP) is 1.61. The Kier molecular flexibility index (Phi) is 3.97. The molecule has 2 heterocycles.